The Morgan fingerprint density at radius 2 is 2.06 bits per heavy atom. The number of nitrogens with zero attached hydrogens (tertiary/aromatic N) is 2. The van der Waals surface area contributed by atoms with E-state index in [-0.39, 0.29) is 6.54 Å². The van der Waals surface area contributed by atoms with Gasteiger partial charge in [-0.15, -0.1) is 6.42 Å². The SMILES string of the molecule is C#CCN(CC)S(=O)(=O)N1CCC(CNC)CC1. The van der Waals surface area contributed by atoms with Crippen molar-refractivity contribution in [2.45, 2.75) is 19.8 Å². The summed E-state index contributed by atoms with van der Waals surface area (Å²) >= 11 is 0. The van der Waals surface area contributed by atoms with Crippen LogP contribution < -0.4 is 5.32 Å². The lowest BCUT2D eigenvalue weighted by Crippen LogP contribution is -2.48. The lowest BCUT2D eigenvalue weighted by Gasteiger charge is -2.34. The topological polar surface area (TPSA) is 52.7 Å². The summed E-state index contributed by atoms with van der Waals surface area (Å²) in [5.41, 5.74) is 0. The molecule has 0 atom stereocenters. The molecule has 0 unspecified atom stereocenters. The van der Waals surface area contributed by atoms with Gasteiger partial charge in [0.25, 0.3) is 10.2 Å². The van der Waals surface area contributed by atoms with Gasteiger partial charge in [-0.2, -0.15) is 17.0 Å². The van der Waals surface area contributed by atoms with Gasteiger partial charge in [-0.1, -0.05) is 12.8 Å². The molecule has 1 rings (SSSR count). The van der Waals surface area contributed by atoms with Crippen LogP contribution in [0.2, 0.25) is 0 Å². The highest BCUT2D eigenvalue weighted by molar-refractivity contribution is 7.86. The van der Waals surface area contributed by atoms with Gasteiger partial charge in [0.1, 0.15) is 0 Å². The molecule has 18 heavy (non-hydrogen) atoms. The smallest absolute Gasteiger partial charge is 0.282 e. The Bertz CT molecular complexity index is 381. The fraction of sp³-hybridized carbons (Fsp3) is 0.833. The fourth-order valence-electron chi connectivity index (χ4n) is 2.25. The second-order valence-electron chi connectivity index (χ2n) is 4.54. The average Bonchev–Trinajstić information content (AvgIpc) is 2.36. The molecule has 5 nitrogen and oxygen atoms in total. The molecule has 1 heterocycles. The summed E-state index contributed by atoms with van der Waals surface area (Å²) in [4.78, 5) is 0. The highest BCUT2D eigenvalue weighted by Gasteiger charge is 2.31. The zero-order valence-corrected chi connectivity index (χ0v) is 12.0. The van der Waals surface area contributed by atoms with Gasteiger partial charge in [-0.3, -0.25) is 0 Å². The molecule has 1 saturated heterocycles. The molecule has 0 aromatic carbocycles. The summed E-state index contributed by atoms with van der Waals surface area (Å²) in [5, 5.41) is 3.14. The van der Waals surface area contributed by atoms with Crippen molar-refractivity contribution in [2.24, 2.45) is 5.92 Å². The number of piperidine rings is 1. The molecular weight excluding hydrogens is 250 g/mol. The Labute approximate surface area is 111 Å². The van der Waals surface area contributed by atoms with E-state index in [1.54, 1.807) is 4.31 Å². The van der Waals surface area contributed by atoms with Crippen molar-refractivity contribution in [3.8, 4) is 12.3 Å². The van der Waals surface area contributed by atoms with E-state index >= 15 is 0 Å². The van der Waals surface area contributed by atoms with Crippen molar-refractivity contribution in [2.75, 3.05) is 39.8 Å². The van der Waals surface area contributed by atoms with E-state index in [1.807, 2.05) is 14.0 Å². The van der Waals surface area contributed by atoms with Crippen molar-refractivity contribution in [1.29, 1.82) is 0 Å². The third kappa shape index (κ3) is 3.69. The maximum Gasteiger partial charge on any atom is 0.282 e. The Morgan fingerprint density at radius 3 is 2.50 bits per heavy atom. The van der Waals surface area contributed by atoms with Crippen LogP contribution in [0.4, 0.5) is 0 Å². The van der Waals surface area contributed by atoms with Crippen LogP contribution >= 0.6 is 0 Å². The van der Waals surface area contributed by atoms with Crippen molar-refractivity contribution < 1.29 is 8.42 Å². The Balaban J connectivity index is 2.63. The summed E-state index contributed by atoms with van der Waals surface area (Å²) in [5.74, 6) is 2.98. The van der Waals surface area contributed by atoms with Gasteiger partial charge in [0, 0.05) is 19.6 Å². The van der Waals surface area contributed by atoms with Crippen LogP contribution in [-0.4, -0.2) is 56.8 Å². The number of terminal acetylenes is 1. The molecule has 0 aromatic heterocycles. The molecule has 0 amide bonds. The predicted molar refractivity (Wildman–Crippen MR) is 73.2 cm³/mol. The van der Waals surface area contributed by atoms with Crippen molar-refractivity contribution in [1.82, 2.24) is 13.9 Å². The van der Waals surface area contributed by atoms with E-state index in [4.69, 9.17) is 6.42 Å². The van der Waals surface area contributed by atoms with Gasteiger partial charge in [0.2, 0.25) is 0 Å². The molecule has 0 saturated carbocycles. The molecule has 1 fully saturated rings. The van der Waals surface area contributed by atoms with Crippen LogP contribution in [0.3, 0.4) is 0 Å². The van der Waals surface area contributed by atoms with Crippen molar-refractivity contribution in [3.05, 3.63) is 0 Å². The van der Waals surface area contributed by atoms with E-state index in [0.717, 1.165) is 19.4 Å². The second kappa shape index (κ2) is 7.10. The third-order valence-electron chi connectivity index (χ3n) is 3.34. The number of nitrogens with one attached hydrogen (secondary N) is 1. The zero-order valence-electron chi connectivity index (χ0n) is 11.2. The highest BCUT2D eigenvalue weighted by Crippen LogP contribution is 2.20. The molecule has 0 radical (unpaired) electrons. The lowest BCUT2D eigenvalue weighted by atomic mass is 9.98. The van der Waals surface area contributed by atoms with E-state index in [0.29, 0.717) is 25.6 Å². The minimum Gasteiger partial charge on any atom is -0.319 e. The summed E-state index contributed by atoms with van der Waals surface area (Å²) in [7, 11) is -1.45. The summed E-state index contributed by atoms with van der Waals surface area (Å²) in [6.07, 6.45) is 7.03. The molecule has 1 N–H and O–H groups in total. The number of hydrogen-bond acceptors (Lipinski definition) is 3. The largest absolute Gasteiger partial charge is 0.319 e. The van der Waals surface area contributed by atoms with Crippen LogP contribution in [0, 0.1) is 18.3 Å². The Kier molecular flexibility index (Phi) is 6.09. The Morgan fingerprint density at radius 1 is 1.44 bits per heavy atom. The normalized spacial score (nSPS) is 19.0. The number of hydrogen-bond donors (Lipinski definition) is 1. The van der Waals surface area contributed by atoms with E-state index in [1.165, 1.54) is 4.31 Å². The van der Waals surface area contributed by atoms with Crippen LogP contribution in [0.1, 0.15) is 19.8 Å². The summed E-state index contributed by atoms with van der Waals surface area (Å²) < 4.78 is 27.5. The number of rotatable bonds is 6. The first kappa shape index (κ1) is 15.4. The monoisotopic (exact) mass is 273 g/mol. The van der Waals surface area contributed by atoms with Gasteiger partial charge < -0.3 is 5.32 Å². The first-order valence-corrected chi connectivity index (χ1v) is 7.79. The maximum atomic E-state index is 12.3. The van der Waals surface area contributed by atoms with Gasteiger partial charge in [0.05, 0.1) is 6.54 Å². The molecule has 0 spiro atoms. The Hall–Kier alpha value is -0.610. The first-order chi connectivity index (χ1) is 8.56. The molecule has 0 bridgehead atoms. The van der Waals surface area contributed by atoms with E-state index < -0.39 is 10.2 Å². The quantitative estimate of drug-likeness (QED) is 0.699. The molecule has 104 valence electrons. The maximum absolute atomic E-state index is 12.3. The standard InChI is InChI=1S/C12H23N3O2S/c1-4-8-14(5-2)18(16,17)15-9-6-12(7-10-15)11-13-3/h1,12-13H,5-11H2,2-3H3. The van der Waals surface area contributed by atoms with Gasteiger partial charge in [0.15, 0.2) is 0 Å². The lowest BCUT2D eigenvalue weighted by molar-refractivity contribution is 0.255. The van der Waals surface area contributed by atoms with E-state index in [2.05, 4.69) is 11.2 Å². The van der Waals surface area contributed by atoms with Gasteiger partial charge in [-0.25, -0.2) is 0 Å². The molecular formula is C12H23N3O2S. The highest BCUT2D eigenvalue weighted by atomic mass is 32.2. The van der Waals surface area contributed by atoms with Crippen LogP contribution in [-0.2, 0) is 10.2 Å². The van der Waals surface area contributed by atoms with Crippen LogP contribution in [0.5, 0.6) is 0 Å². The van der Waals surface area contributed by atoms with Crippen molar-refractivity contribution >= 4 is 10.2 Å². The second-order valence-corrected chi connectivity index (χ2v) is 6.47. The summed E-state index contributed by atoms with van der Waals surface area (Å²) in [6.45, 7) is 4.52. The van der Waals surface area contributed by atoms with Gasteiger partial charge in [-0.05, 0) is 32.4 Å². The predicted octanol–water partition coefficient (Wildman–Crippen LogP) is 0.118. The molecule has 6 heteroatoms. The molecule has 1 aliphatic rings. The van der Waals surface area contributed by atoms with Crippen LogP contribution in [0.25, 0.3) is 0 Å². The molecule has 1 aliphatic heterocycles. The van der Waals surface area contributed by atoms with Crippen LogP contribution in [0.15, 0.2) is 0 Å². The minimum atomic E-state index is -3.37. The van der Waals surface area contributed by atoms with Crippen molar-refractivity contribution in [3.63, 3.8) is 0 Å². The first-order valence-electron chi connectivity index (χ1n) is 6.39. The fourth-order valence-corrected chi connectivity index (χ4v) is 3.82. The van der Waals surface area contributed by atoms with Gasteiger partial charge >= 0.3 is 0 Å². The molecule has 0 aliphatic carbocycles. The zero-order chi connectivity index (χ0) is 13.6. The third-order valence-corrected chi connectivity index (χ3v) is 5.40. The summed E-state index contributed by atoms with van der Waals surface area (Å²) in [6, 6.07) is 0. The molecule has 0 aromatic rings. The average molecular weight is 273 g/mol. The minimum absolute atomic E-state index is 0.148. The van der Waals surface area contributed by atoms with E-state index in [9.17, 15) is 8.42 Å².